The lowest BCUT2D eigenvalue weighted by molar-refractivity contribution is 0.560. The third-order valence-corrected chi connectivity index (χ3v) is 3.20. The lowest BCUT2D eigenvalue weighted by Crippen LogP contribution is -2.19. The molecule has 0 aliphatic heterocycles. The zero-order valence-corrected chi connectivity index (χ0v) is 10.9. The summed E-state index contributed by atoms with van der Waals surface area (Å²) in [5, 5.41) is 3.10. The van der Waals surface area contributed by atoms with Crippen LogP contribution in [0.25, 0.3) is 0 Å². The van der Waals surface area contributed by atoms with Gasteiger partial charge >= 0.3 is 0 Å². The molecule has 0 fully saturated rings. The van der Waals surface area contributed by atoms with Crippen LogP contribution in [0.2, 0.25) is 0 Å². The molecule has 0 radical (unpaired) electrons. The second-order valence-corrected chi connectivity index (χ2v) is 4.61. The summed E-state index contributed by atoms with van der Waals surface area (Å²) in [5.74, 6) is -0.617. The molecule has 19 heavy (non-hydrogen) atoms. The Morgan fingerprint density at radius 2 is 1.79 bits per heavy atom. The molecular formula is C16H17F2N. The zero-order valence-electron chi connectivity index (χ0n) is 10.9. The SMILES string of the molecule is CNCC(Cc1cc(F)ccc1F)c1ccccc1. The third-order valence-electron chi connectivity index (χ3n) is 3.20. The van der Waals surface area contributed by atoms with E-state index in [0.29, 0.717) is 12.0 Å². The molecule has 3 heteroatoms. The van der Waals surface area contributed by atoms with Crippen LogP contribution in [-0.2, 0) is 6.42 Å². The quantitative estimate of drug-likeness (QED) is 0.868. The first kappa shape index (κ1) is 13.7. The average molecular weight is 261 g/mol. The van der Waals surface area contributed by atoms with Crippen LogP contribution in [0.1, 0.15) is 17.0 Å². The summed E-state index contributed by atoms with van der Waals surface area (Å²) in [6.07, 6.45) is 0.481. The van der Waals surface area contributed by atoms with Crippen molar-refractivity contribution in [1.29, 1.82) is 0 Å². The Kier molecular flexibility index (Phi) is 4.63. The molecule has 1 atom stereocenters. The Morgan fingerprint density at radius 1 is 1.05 bits per heavy atom. The van der Waals surface area contributed by atoms with Crippen LogP contribution in [0.15, 0.2) is 48.5 Å². The summed E-state index contributed by atoms with van der Waals surface area (Å²) in [5.41, 5.74) is 1.55. The van der Waals surface area contributed by atoms with Crippen LogP contribution < -0.4 is 5.32 Å². The van der Waals surface area contributed by atoms with Crippen molar-refractivity contribution < 1.29 is 8.78 Å². The zero-order chi connectivity index (χ0) is 13.7. The van der Waals surface area contributed by atoms with Crippen molar-refractivity contribution >= 4 is 0 Å². The predicted octanol–water partition coefficient (Wildman–Crippen LogP) is 3.51. The van der Waals surface area contributed by atoms with E-state index in [1.54, 1.807) is 0 Å². The largest absolute Gasteiger partial charge is 0.319 e. The van der Waals surface area contributed by atoms with E-state index in [4.69, 9.17) is 0 Å². The van der Waals surface area contributed by atoms with Gasteiger partial charge in [-0.2, -0.15) is 0 Å². The van der Waals surface area contributed by atoms with Crippen LogP contribution in [0.4, 0.5) is 8.78 Å². The van der Waals surface area contributed by atoms with Crippen molar-refractivity contribution in [3.8, 4) is 0 Å². The van der Waals surface area contributed by atoms with Gasteiger partial charge in [0.15, 0.2) is 0 Å². The van der Waals surface area contributed by atoms with Gasteiger partial charge in [0.1, 0.15) is 11.6 Å². The standard InChI is InChI=1S/C16H17F2N/c1-19-11-14(12-5-3-2-4-6-12)9-13-10-15(17)7-8-16(13)18/h2-8,10,14,19H,9,11H2,1H3. The van der Waals surface area contributed by atoms with Crippen molar-refractivity contribution in [2.24, 2.45) is 0 Å². The minimum atomic E-state index is -0.396. The molecule has 0 bridgehead atoms. The van der Waals surface area contributed by atoms with Gasteiger partial charge in [0.25, 0.3) is 0 Å². The molecule has 0 spiro atoms. The number of hydrogen-bond donors (Lipinski definition) is 1. The van der Waals surface area contributed by atoms with E-state index in [-0.39, 0.29) is 11.7 Å². The third kappa shape index (κ3) is 3.61. The maximum atomic E-state index is 13.7. The molecule has 0 saturated carbocycles. The van der Waals surface area contributed by atoms with Gasteiger partial charge in [0, 0.05) is 12.5 Å². The summed E-state index contributed by atoms with van der Waals surface area (Å²) < 4.78 is 26.9. The Labute approximate surface area is 112 Å². The Morgan fingerprint density at radius 3 is 2.47 bits per heavy atom. The Balaban J connectivity index is 2.24. The molecule has 0 amide bonds. The second-order valence-electron chi connectivity index (χ2n) is 4.61. The van der Waals surface area contributed by atoms with Gasteiger partial charge in [-0.3, -0.25) is 0 Å². The van der Waals surface area contributed by atoms with Crippen molar-refractivity contribution in [3.05, 3.63) is 71.3 Å². The fraction of sp³-hybridized carbons (Fsp3) is 0.250. The fourth-order valence-electron chi connectivity index (χ4n) is 2.24. The number of benzene rings is 2. The fourth-order valence-corrected chi connectivity index (χ4v) is 2.24. The summed E-state index contributed by atoms with van der Waals surface area (Å²) in [6.45, 7) is 0.722. The molecule has 1 N–H and O–H groups in total. The minimum absolute atomic E-state index is 0.127. The van der Waals surface area contributed by atoms with E-state index in [1.165, 1.54) is 12.1 Å². The van der Waals surface area contributed by atoms with E-state index in [0.717, 1.165) is 18.2 Å². The van der Waals surface area contributed by atoms with Gasteiger partial charge in [-0.15, -0.1) is 0 Å². The molecule has 1 nitrogen and oxygen atoms in total. The molecule has 0 heterocycles. The van der Waals surface area contributed by atoms with Crippen LogP contribution in [-0.4, -0.2) is 13.6 Å². The van der Waals surface area contributed by atoms with Gasteiger partial charge in [0.2, 0.25) is 0 Å². The summed E-state index contributed by atoms with van der Waals surface area (Å²) in [7, 11) is 1.86. The predicted molar refractivity (Wildman–Crippen MR) is 73.2 cm³/mol. The average Bonchev–Trinajstić information content (AvgIpc) is 2.43. The van der Waals surface area contributed by atoms with Crippen molar-refractivity contribution in [1.82, 2.24) is 5.32 Å². The van der Waals surface area contributed by atoms with Crippen LogP contribution in [0.5, 0.6) is 0 Å². The first-order valence-electron chi connectivity index (χ1n) is 6.34. The van der Waals surface area contributed by atoms with Gasteiger partial charge in [0.05, 0.1) is 0 Å². The monoisotopic (exact) mass is 261 g/mol. The number of halogens is 2. The van der Waals surface area contributed by atoms with Crippen LogP contribution in [0, 0.1) is 11.6 Å². The maximum Gasteiger partial charge on any atom is 0.126 e. The summed E-state index contributed by atoms with van der Waals surface area (Å²) in [4.78, 5) is 0. The highest BCUT2D eigenvalue weighted by molar-refractivity contribution is 5.26. The van der Waals surface area contributed by atoms with E-state index in [1.807, 2.05) is 37.4 Å². The molecule has 2 aromatic carbocycles. The number of likely N-dealkylation sites (N-methyl/N-ethyl adjacent to an activating group) is 1. The molecular weight excluding hydrogens is 244 g/mol. The number of nitrogens with one attached hydrogen (secondary N) is 1. The van der Waals surface area contributed by atoms with Crippen molar-refractivity contribution in [3.63, 3.8) is 0 Å². The van der Waals surface area contributed by atoms with E-state index < -0.39 is 5.82 Å². The van der Waals surface area contributed by atoms with E-state index >= 15 is 0 Å². The topological polar surface area (TPSA) is 12.0 Å². The van der Waals surface area contributed by atoms with Crippen molar-refractivity contribution in [2.45, 2.75) is 12.3 Å². The molecule has 1 unspecified atom stereocenters. The Bertz CT molecular complexity index is 526. The molecule has 0 saturated heterocycles. The lowest BCUT2D eigenvalue weighted by atomic mass is 9.91. The van der Waals surface area contributed by atoms with E-state index in [9.17, 15) is 8.78 Å². The highest BCUT2D eigenvalue weighted by Crippen LogP contribution is 2.22. The first-order valence-corrected chi connectivity index (χ1v) is 6.34. The lowest BCUT2D eigenvalue weighted by Gasteiger charge is -2.17. The molecule has 2 aromatic rings. The summed E-state index contributed by atoms with van der Waals surface area (Å²) in [6, 6.07) is 13.5. The second kappa shape index (κ2) is 6.43. The normalized spacial score (nSPS) is 12.4. The number of hydrogen-bond acceptors (Lipinski definition) is 1. The van der Waals surface area contributed by atoms with Gasteiger partial charge < -0.3 is 5.32 Å². The van der Waals surface area contributed by atoms with Crippen molar-refractivity contribution in [2.75, 3.05) is 13.6 Å². The maximum absolute atomic E-state index is 13.7. The molecule has 0 aromatic heterocycles. The van der Waals surface area contributed by atoms with Crippen LogP contribution >= 0.6 is 0 Å². The molecule has 0 aliphatic rings. The molecule has 0 aliphatic carbocycles. The van der Waals surface area contributed by atoms with Gasteiger partial charge in [-0.25, -0.2) is 8.78 Å². The first-order chi connectivity index (χ1) is 9.20. The Hall–Kier alpha value is -1.74. The molecule has 2 rings (SSSR count). The minimum Gasteiger partial charge on any atom is -0.319 e. The highest BCUT2D eigenvalue weighted by atomic mass is 19.1. The molecule has 100 valence electrons. The highest BCUT2D eigenvalue weighted by Gasteiger charge is 2.14. The number of rotatable bonds is 5. The summed E-state index contributed by atoms with van der Waals surface area (Å²) >= 11 is 0. The van der Waals surface area contributed by atoms with E-state index in [2.05, 4.69) is 5.32 Å². The van der Waals surface area contributed by atoms with Gasteiger partial charge in [-0.05, 0) is 42.8 Å². The van der Waals surface area contributed by atoms with Gasteiger partial charge in [-0.1, -0.05) is 30.3 Å². The smallest absolute Gasteiger partial charge is 0.126 e. The van der Waals surface area contributed by atoms with Crippen LogP contribution in [0.3, 0.4) is 0 Å².